The molecule has 2 fully saturated rings. The summed E-state index contributed by atoms with van der Waals surface area (Å²) in [7, 11) is 0. The van der Waals surface area contributed by atoms with E-state index in [0.29, 0.717) is 6.04 Å². The molecule has 1 saturated heterocycles. The zero-order valence-electron chi connectivity index (χ0n) is 12.2. The number of likely N-dealkylation sites (tertiary alicyclic amines) is 1. The molecule has 1 saturated carbocycles. The third kappa shape index (κ3) is 3.56. The summed E-state index contributed by atoms with van der Waals surface area (Å²) in [4.78, 5) is 14.9. The highest BCUT2D eigenvalue weighted by atomic mass is 16.2. The Morgan fingerprint density at radius 1 is 1.26 bits per heavy atom. The largest absolute Gasteiger partial charge is 0.299 e. The number of amides is 1. The van der Waals surface area contributed by atoms with Gasteiger partial charge in [-0.05, 0) is 38.8 Å². The van der Waals surface area contributed by atoms with Crippen LogP contribution in [0.1, 0.15) is 51.9 Å². The van der Waals surface area contributed by atoms with Crippen molar-refractivity contribution < 1.29 is 4.79 Å². The third-order valence-electron chi connectivity index (χ3n) is 4.67. The van der Waals surface area contributed by atoms with Crippen molar-refractivity contribution in [3.63, 3.8) is 0 Å². The number of likely N-dealkylation sites (N-methyl/N-ethyl adjacent to an activating group) is 1. The second kappa shape index (κ2) is 7.04. The fourth-order valence-electron chi connectivity index (χ4n) is 3.50. The van der Waals surface area contributed by atoms with E-state index in [1.807, 2.05) is 0 Å². The summed E-state index contributed by atoms with van der Waals surface area (Å²) >= 11 is 0. The highest BCUT2D eigenvalue weighted by molar-refractivity contribution is 5.79. The fraction of sp³-hybridized carbons (Fsp3) is 0.867. The molecule has 0 spiro atoms. The van der Waals surface area contributed by atoms with Crippen molar-refractivity contribution in [1.29, 1.82) is 0 Å². The van der Waals surface area contributed by atoms with Gasteiger partial charge in [0, 0.05) is 18.7 Å². The van der Waals surface area contributed by atoms with E-state index in [1.54, 1.807) is 5.01 Å². The Kier molecular flexibility index (Phi) is 5.37. The molecule has 1 aliphatic heterocycles. The molecule has 2 aliphatic rings. The fourth-order valence-corrected chi connectivity index (χ4v) is 3.50. The first-order valence-corrected chi connectivity index (χ1v) is 7.78. The average molecular weight is 265 g/mol. The lowest BCUT2D eigenvalue weighted by atomic mass is 9.88. The van der Waals surface area contributed by atoms with Gasteiger partial charge in [-0.15, -0.1) is 0 Å². The number of rotatable bonds is 5. The summed E-state index contributed by atoms with van der Waals surface area (Å²) in [5, 5.41) is 5.65. The lowest BCUT2D eigenvalue weighted by molar-refractivity contribution is -0.137. The Bertz CT molecular complexity index is 313. The van der Waals surface area contributed by atoms with Crippen molar-refractivity contribution in [2.75, 3.05) is 19.6 Å². The normalized spacial score (nSPS) is 25.4. The molecule has 19 heavy (non-hydrogen) atoms. The number of carbonyl (C=O) groups is 1. The Morgan fingerprint density at radius 2 is 2.00 bits per heavy atom. The zero-order valence-corrected chi connectivity index (χ0v) is 12.2. The third-order valence-corrected chi connectivity index (χ3v) is 4.67. The van der Waals surface area contributed by atoms with Gasteiger partial charge >= 0.3 is 0 Å². The SMILES string of the molecule is C=NN(C[C@@H]1CCCN1CC)C(=O)C1CCCCC1. The quantitative estimate of drug-likeness (QED) is 0.565. The minimum absolute atomic E-state index is 0.190. The van der Waals surface area contributed by atoms with Gasteiger partial charge in [0.25, 0.3) is 0 Å². The summed E-state index contributed by atoms with van der Waals surface area (Å²) in [5.41, 5.74) is 0. The lowest BCUT2D eigenvalue weighted by Crippen LogP contribution is -2.42. The highest BCUT2D eigenvalue weighted by Gasteiger charge is 2.30. The zero-order chi connectivity index (χ0) is 13.7. The van der Waals surface area contributed by atoms with Crippen LogP contribution in [0.25, 0.3) is 0 Å². The number of hydrogen-bond acceptors (Lipinski definition) is 3. The van der Waals surface area contributed by atoms with Crippen LogP contribution < -0.4 is 0 Å². The summed E-state index contributed by atoms with van der Waals surface area (Å²) in [6.45, 7) is 8.74. The number of carbonyl (C=O) groups excluding carboxylic acids is 1. The van der Waals surface area contributed by atoms with Gasteiger partial charge < -0.3 is 0 Å². The molecule has 108 valence electrons. The van der Waals surface area contributed by atoms with E-state index in [-0.39, 0.29) is 11.8 Å². The van der Waals surface area contributed by atoms with Crippen LogP contribution >= 0.6 is 0 Å². The average Bonchev–Trinajstić information content (AvgIpc) is 2.92. The van der Waals surface area contributed by atoms with Gasteiger partial charge in [-0.2, -0.15) is 5.10 Å². The molecule has 1 aliphatic carbocycles. The van der Waals surface area contributed by atoms with E-state index in [4.69, 9.17) is 0 Å². The molecule has 4 heteroatoms. The van der Waals surface area contributed by atoms with Crippen molar-refractivity contribution in [2.24, 2.45) is 11.0 Å². The summed E-state index contributed by atoms with van der Waals surface area (Å²) in [6.07, 6.45) is 8.13. The molecule has 0 radical (unpaired) electrons. The minimum Gasteiger partial charge on any atom is -0.299 e. The maximum atomic E-state index is 12.5. The smallest absolute Gasteiger partial charge is 0.245 e. The van der Waals surface area contributed by atoms with E-state index in [1.165, 1.54) is 32.1 Å². The van der Waals surface area contributed by atoms with Crippen molar-refractivity contribution in [3.8, 4) is 0 Å². The molecule has 1 amide bonds. The molecule has 0 bridgehead atoms. The van der Waals surface area contributed by atoms with E-state index >= 15 is 0 Å². The molecule has 0 N–H and O–H groups in total. The maximum absolute atomic E-state index is 12.5. The standard InChI is InChI=1S/C15H27N3O/c1-3-17-11-7-10-14(17)12-18(16-2)15(19)13-8-5-4-6-9-13/h13-14H,2-12H2,1H3/t14-/m0/s1. The topological polar surface area (TPSA) is 35.9 Å². The van der Waals surface area contributed by atoms with Gasteiger partial charge in [0.15, 0.2) is 0 Å². The van der Waals surface area contributed by atoms with Crippen LogP contribution in [0.3, 0.4) is 0 Å². The first kappa shape index (κ1) is 14.5. The molecule has 1 atom stereocenters. The molecular weight excluding hydrogens is 238 g/mol. The molecule has 4 nitrogen and oxygen atoms in total. The summed E-state index contributed by atoms with van der Waals surface area (Å²) < 4.78 is 0. The lowest BCUT2D eigenvalue weighted by Gasteiger charge is -2.30. The maximum Gasteiger partial charge on any atom is 0.245 e. The van der Waals surface area contributed by atoms with Crippen LogP contribution in [0.5, 0.6) is 0 Å². The van der Waals surface area contributed by atoms with Crippen LogP contribution in [0.2, 0.25) is 0 Å². The molecule has 2 rings (SSSR count). The van der Waals surface area contributed by atoms with Gasteiger partial charge in [0.1, 0.15) is 0 Å². The van der Waals surface area contributed by atoms with E-state index < -0.39 is 0 Å². The van der Waals surface area contributed by atoms with Gasteiger partial charge in [-0.1, -0.05) is 26.2 Å². The second-order valence-electron chi connectivity index (χ2n) is 5.82. The molecule has 0 unspecified atom stereocenters. The summed E-state index contributed by atoms with van der Waals surface area (Å²) in [5.74, 6) is 0.397. The minimum atomic E-state index is 0.190. The van der Waals surface area contributed by atoms with E-state index in [2.05, 4.69) is 23.6 Å². The Hall–Kier alpha value is -0.900. The van der Waals surface area contributed by atoms with Gasteiger partial charge in [-0.3, -0.25) is 9.69 Å². The molecule has 0 aromatic rings. The van der Waals surface area contributed by atoms with Crippen molar-refractivity contribution in [2.45, 2.75) is 57.9 Å². The van der Waals surface area contributed by atoms with Gasteiger partial charge in [-0.25, -0.2) is 5.01 Å². The second-order valence-corrected chi connectivity index (χ2v) is 5.82. The highest BCUT2D eigenvalue weighted by Crippen LogP contribution is 2.26. The van der Waals surface area contributed by atoms with Crippen LogP contribution in [-0.2, 0) is 4.79 Å². The summed E-state index contributed by atoms with van der Waals surface area (Å²) in [6, 6.07) is 0.475. The van der Waals surface area contributed by atoms with Crippen molar-refractivity contribution in [3.05, 3.63) is 0 Å². The predicted octanol–water partition coefficient (Wildman–Crippen LogP) is 2.50. The number of hydrogen-bond donors (Lipinski definition) is 0. The molecule has 0 aromatic heterocycles. The Balaban J connectivity index is 1.91. The monoisotopic (exact) mass is 265 g/mol. The van der Waals surface area contributed by atoms with E-state index in [0.717, 1.165) is 32.5 Å². The van der Waals surface area contributed by atoms with E-state index in [9.17, 15) is 4.79 Å². The first-order chi connectivity index (χ1) is 9.26. The molecular formula is C15H27N3O. The van der Waals surface area contributed by atoms with Crippen LogP contribution in [-0.4, -0.2) is 48.2 Å². The molecule has 0 aromatic carbocycles. The number of hydrazone groups is 1. The Morgan fingerprint density at radius 3 is 2.63 bits per heavy atom. The van der Waals surface area contributed by atoms with Crippen LogP contribution in [0.15, 0.2) is 5.10 Å². The van der Waals surface area contributed by atoms with Crippen LogP contribution in [0, 0.1) is 5.92 Å². The predicted molar refractivity (Wildman–Crippen MR) is 78.1 cm³/mol. The number of nitrogens with zero attached hydrogens (tertiary/aromatic N) is 3. The van der Waals surface area contributed by atoms with Gasteiger partial charge in [0.2, 0.25) is 5.91 Å². The van der Waals surface area contributed by atoms with Gasteiger partial charge in [0.05, 0.1) is 6.54 Å². The molecule has 1 heterocycles. The first-order valence-electron chi connectivity index (χ1n) is 7.78. The van der Waals surface area contributed by atoms with Crippen LogP contribution in [0.4, 0.5) is 0 Å². The van der Waals surface area contributed by atoms with Crippen molar-refractivity contribution in [1.82, 2.24) is 9.91 Å². The Labute approximate surface area is 116 Å². The van der Waals surface area contributed by atoms with Crippen molar-refractivity contribution >= 4 is 12.6 Å².